The number of hydrogen-bond acceptors (Lipinski definition) is 7. The molecule has 10 heteroatoms. The zero-order valence-corrected chi connectivity index (χ0v) is 16.9. The first-order chi connectivity index (χ1) is 14.0. The van der Waals surface area contributed by atoms with E-state index < -0.39 is 29.8 Å². The molecule has 0 radical (unpaired) electrons. The summed E-state index contributed by atoms with van der Waals surface area (Å²) in [5.41, 5.74) is 0.948. The van der Waals surface area contributed by atoms with Gasteiger partial charge >= 0.3 is 0 Å². The van der Waals surface area contributed by atoms with E-state index in [1.165, 1.54) is 12.1 Å². The molecule has 3 amide bonds. The molecule has 2 aliphatic heterocycles. The van der Waals surface area contributed by atoms with E-state index >= 15 is 0 Å². The molecule has 0 bridgehead atoms. The second-order valence-corrected chi connectivity index (χ2v) is 7.34. The van der Waals surface area contributed by atoms with Gasteiger partial charge in [-0.3, -0.25) is 19.4 Å². The first-order valence-corrected chi connectivity index (χ1v) is 9.52. The van der Waals surface area contributed by atoms with Crippen molar-refractivity contribution in [2.24, 2.45) is 10.3 Å². The van der Waals surface area contributed by atoms with E-state index in [0.717, 1.165) is 9.37 Å². The molecule has 2 aliphatic rings. The summed E-state index contributed by atoms with van der Waals surface area (Å²) in [7, 11) is 1.50. The van der Waals surface area contributed by atoms with Gasteiger partial charge in [0.05, 0.1) is 18.5 Å². The first-order valence-electron chi connectivity index (χ1n) is 8.73. The highest BCUT2D eigenvalue weighted by Gasteiger charge is 2.55. The summed E-state index contributed by atoms with van der Waals surface area (Å²) in [4.78, 5) is 39.2. The highest BCUT2D eigenvalue weighted by atomic mass is 79.9. The molecule has 0 aliphatic carbocycles. The monoisotopic (exact) mass is 457 g/mol. The Morgan fingerprint density at radius 1 is 1.14 bits per heavy atom. The summed E-state index contributed by atoms with van der Waals surface area (Å²) in [6.07, 6.45) is 0. The van der Waals surface area contributed by atoms with Crippen LogP contribution in [0.25, 0.3) is 0 Å². The van der Waals surface area contributed by atoms with Crippen molar-refractivity contribution in [3.8, 4) is 5.75 Å². The number of rotatable bonds is 5. The van der Waals surface area contributed by atoms with Crippen LogP contribution in [-0.4, -0.2) is 48.5 Å². The lowest BCUT2D eigenvalue weighted by atomic mass is 10.1. The number of methoxy groups -OCH3 is 1. The molecule has 2 atom stereocenters. The van der Waals surface area contributed by atoms with Gasteiger partial charge in [0.1, 0.15) is 12.3 Å². The van der Waals surface area contributed by atoms with Gasteiger partial charge in [0.15, 0.2) is 12.1 Å². The average Bonchev–Trinajstić information content (AvgIpc) is 3.23. The smallest absolute Gasteiger partial charge is 0.263 e. The highest BCUT2D eigenvalue weighted by molar-refractivity contribution is 9.10. The van der Waals surface area contributed by atoms with Crippen molar-refractivity contribution in [2.45, 2.75) is 12.1 Å². The fourth-order valence-corrected chi connectivity index (χ4v) is 3.55. The number of nitrogens with one attached hydrogen (secondary N) is 1. The third kappa shape index (κ3) is 3.46. The zero-order valence-electron chi connectivity index (χ0n) is 15.3. The van der Waals surface area contributed by atoms with Gasteiger partial charge in [-0.05, 0) is 36.4 Å². The molecule has 0 aromatic heterocycles. The number of carbonyl (C=O) groups excluding carboxylic acids is 3. The maximum absolute atomic E-state index is 12.9. The Morgan fingerprint density at radius 2 is 1.86 bits per heavy atom. The van der Waals surface area contributed by atoms with Gasteiger partial charge in [-0.1, -0.05) is 33.3 Å². The molecular weight excluding hydrogens is 442 g/mol. The number of fused-ring (bicyclic) bond motifs is 1. The van der Waals surface area contributed by atoms with E-state index in [4.69, 9.17) is 4.74 Å². The zero-order chi connectivity index (χ0) is 20.5. The molecule has 2 aromatic rings. The maximum atomic E-state index is 12.9. The average molecular weight is 458 g/mol. The van der Waals surface area contributed by atoms with Crippen LogP contribution in [0, 0.1) is 0 Å². The lowest BCUT2D eigenvalue weighted by Gasteiger charge is -2.20. The van der Waals surface area contributed by atoms with Gasteiger partial charge in [0.25, 0.3) is 11.8 Å². The van der Waals surface area contributed by atoms with Gasteiger partial charge in [-0.25, -0.2) is 4.90 Å². The quantitative estimate of drug-likeness (QED) is 0.694. The standard InChI is InChI=1S/C19H16BrN5O4/c1-29-14-5-3-2-4-13(14)21-15(26)10-24-17-16(22-23-24)18(27)25(19(17)28)12-8-6-11(20)7-9-12/h2-9,16-17H,10H2,1H3,(H,21,26)/t16-,17-/m0/s1. The minimum absolute atomic E-state index is 0.226. The summed E-state index contributed by atoms with van der Waals surface area (Å²) >= 11 is 3.32. The van der Waals surface area contributed by atoms with Gasteiger partial charge in [0.2, 0.25) is 5.91 Å². The van der Waals surface area contributed by atoms with Crippen LogP contribution in [0.4, 0.5) is 11.4 Å². The largest absolute Gasteiger partial charge is 0.495 e. The Bertz CT molecular complexity index is 1010. The first kappa shape index (κ1) is 19.1. The molecule has 0 saturated carbocycles. The normalized spacial score (nSPS) is 20.2. The maximum Gasteiger partial charge on any atom is 0.263 e. The summed E-state index contributed by atoms with van der Waals surface area (Å²) in [5, 5.41) is 11.8. The van der Waals surface area contributed by atoms with Crippen molar-refractivity contribution in [3.05, 3.63) is 53.0 Å². The lowest BCUT2D eigenvalue weighted by molar-refractivity contribution is -0.123. The molecule has 1 saturated heterocycles. The van der Waals surface area contributed by atoms with Crippen molar-refractivity contribution in [2.75, 3.05) is 23.9 Å². The second kappa shape index (κ2) is 7.63. The van der Waals surface area contributed by atoms with Crippen LogP contribution in [-0.2, 0) is 14.4 Å². The van der Waals surface area contributed by atoms with Crippen LogP contribution >= 0.6 is 15.9 Å². The third-order valence-corrected chi connectivity index (χ3v) is 5.16. The van der Waals surface area contributed by atoms with E-state index in [-0.39, 0.29) is 6.54 Å². The number of benzene rings is 2. The Kier molecular flexibility index (Phi) is 5.01. The van der Waals surface area contributed by atoms with Crippen molar-refractivity contribution in [3.63, 3.8) is 0 Å². The minimum Gasteiger partial charge on any atom is -0.495 e. The molecule has 29 heavy (non-hydrogen) atoms. The molecule has 1 N–H and O–H groups in total. The summed E-state index contributed by atoms with van der Waals surface area (Å²) < 4.78 is 6.04. The fourth-order valence-electron chi connectivity index (χ4n) is 3.28. The van der Waals surface area contributed by atoms with Crippen molar-refractivity contribution < 1.29 is 19.1 Å². The van der Waals surface area contributed by atoms with Gasteiger partial charge in [0, 0.05) is 4.47 Å². The predicted molar refractivity (Wildman–Crippen MR) is 107 cm³/mol. The highest BCUT2D eigenvalue weighted by Crippen LogP contribution is 2.32. The summed E-state index contributed by atoms with van der Waals surface area (Å²) in [6, 6.07) is 11.9. The van der Waals surface area contributed by atoms with Crippen LogP contribution < -0.4 is 15.0 Å². The van der Waals surface area contributed by atoms with Gasteiger partial charge in [-0.15, -0.1) is 0 Å². The number of ether oxygens (including phenoxy) is 1. The minimum atomic E-state index is -0.954. The van der Waals surface area contributed by atoms with Gasteiger partial charge < -0.3 is 10.1 Å². The Balaban J connectivity index is 1.49. The molecule has 0 unspecified atom stereocenters. The fraction of sp³-hybridized carbons (Fsp3) is 0.211. The van der Waals surface area contributed by atoms with Gasteiger partial charge in [-0.2, -0.15) is 5.11 Å². The number of halogens is 1. The number of hydrogen-bond donors (Lipinski definition) is 1. The lowest BCUT2D eigenvalue weighted by Crippen LogP contribution is -2.43. The number of para-hydroxylation sites is 2. The summed E-state index contributed by atoms with van der Waals surface area (Å²) in [6.45, 7) is -0.226. The number of anilines is 2. The molecule has 4 rings (SSSR count). The summed E-state index contributed by atoms with van der Waals surface area (Å²) in [5.74, 6) is -0.817. The predicted octanol–water partition coefficient (Wildman–Crippen LogP) is 2.39. The Hall–Kier alpha value is -3.27. The molecular formula is C19H16BrN5O4. The van der Waals surface area contributed by atoms with E-state index in [1.807, 2.05) is 0 Å². The van der Waals surface area contributed by atoms with E-state index in [2.05, 4.69) is 31.6 Å². The van der Waals surface area contributed by atoms with E-state index in [9.17, 15) is 14.4 Å². The third-order valence-electron chi connectivity index (χ3n) is 4.63. The Labute approximate surface area is 174 Å². The molecule has 2 aromatic carbocycles. The second-order valence-electron chi connectivity index (χ2n) is 6.43. The van der Waals surface area contributed by atoms with Crippen molar-refractivity contribution in [1.82, 2.24) is 5.01 Å². The number of imide groups is 1. The van der Waals surface area contributed by atoms with Crippen molar-refractivity contribution >= 4 is 45.0 Å². The number of carbonyl (C=O) groups is 3. The molecule has 2 heterocycles. The van der Waals surface area contributed by atoms with Crippen LogP contribution in [0.5, 0.6) is 5.75 Å². The number of amides is 3. The van der Waals surface area contributed by atoms with Crippen LogP contribution in [0.15, 0.2) is 63.3 Å². The van der Waals surface area contributed by atoms with Crippen LogP contribution in [0.2, 0.25) is 0 Å². The number of nitrogens with zero attached hydrogens (tertiary/aromatic N) is 4. The molecule has 1 fully saturated rings. The van der Waals surface area contributed by atoms with E-state index in [1.54, 1.807) is 48.5 Å². The SMILES string of the molecule is COc1ccccc1NC(=O)CN1N=N[C@@H]2C(=O)N(c3ccc(Br)cc3)C(=O)[C@H]21. The molecule has 9 nitrogen and oxygen atoms in total. The van der Waals surface area contributed by atoms with Crippen LogP contribution in [0.3, 0.4) is 0 Å². The Morgan fingerprint density at radius 3 is 2.59 bits per heavy atom. The topological polar surface area (TPSA) is 104 Å². The molecule has 0 spiro atoms. The van der Waals surface area contributed by atoms with Crippen LogP contribution in [0.1, 0.15) is 0 Å². The van der Waals surface area contributed by atoms with Crippen molar-refractivity contribution in [1.29, 1.82) is 0 Å². The molecule has 148 valence electrons. The van der Waals surface area contributed by atoms with E-state index in [0.29, 0.717) is 17.1 Å².